The highest BCUT2D eigenvalue weighted by molar-refractivity contribution is 6.36. The maximum atomic E-state index is 11.3. The molecular weight excluding hydrogens is 204 g/mol. The van der Waals surface area contributed by atoms with Gasteiger partial charge in [0.1, 0.15) is 0 Å². The SMILES string of the molecule is COC(=O)c1ccn2nccc2c1Cl. The first-order valence-corrected chi connectivity index (χ1v) is 4.32. The van der Waals surface area contributed by atoms with Crippen molar-refractivity contribution in [2.45, 2.75) is 0 Å². The molecule has 4 nitrogen and oxygen atoms in total. The molecule has 0 amide bonds. The molecule has 2 aromatic heterocycles. The van der Waals surface area contributed by atoms with Gasteiger partial charge in [0.05, 0.1) is 29.4 Å². The molecule has 0 bridgehead atoms. The van der Waals surface area contributed by atoms with E-state index in [0.29, 0.717) is 16.1 Å². The standard InChI is InChI=1S/C9H7ClN2O2/c1-14-9(13)6-3-5-12-7(8(6)10)2-4-11-12/h2-5H,1H3. The van der Waals surface area contributed by atoms with Gasteiger partial charge in [0.15, 0.2) is 0 Å². The highest BCUT2D eigenvalue weighted by Gasteiger charge is 2.13. The Labute approximate surface area is 85.0 Å². The summed E-state index contributed by atoms with van der Waals surface area (Å²) >= 11 is 5.99. The quantitative estimate of drug-likeness (QED) is 0.674. The molecule has 72 valence electrons. The Kier molecular flexibility index (Phi) is 2.13. The minimum atomic E-state index is -0.446. The Morgan fingerprint density at radius 1 is 1.57 bits per heavy atom. The van der Waals surface area contributed by atoms with Crippen LogP contribution >= 0.6 is 11.6 Å². The van der Waals surface area contributed by atoms with E-state index in [1.807, 2.05) is 0 Å². The van der Waals surface area contributed by atoms with Gasteiger partial charge in [-0.2, -0.15) is 5.10 Å². The van der Waals surface area contributed by atoms with Crippen LogP contribution < -0.4 is 0 Å². The van der Waals surface area contributed by atoms with Crippen LogP contribution in [0.4, 0.5) is 0 Å². The minimum absolute atomic E-state index is 0.349. The van der Waals surface area contributed by atoms with Gasteiger partial charge in [-0.1, -0.05) is 11.6 Å². The molecule has 0 aliphatic heterocycles. The number of nitrogens with zero attached hydrogens (tertiary/aromatic N) is 2. The Morgan fingerprint density at radius 3 is 3.07 bits per heavy atom. The van der Waals surface area contributed by atoms with E-state index in [1.54, 1.807) is 29.0 Å². The lowest BCUT2D eigenvalue weighted by atomic mass is 10.2. The number of esters is 1. The zero-order valence-corrected chi connectivity index (χ0v) is 8.15. The number of carbonyl (C=O) groups excluding carboxylic acids is 1. The number of methoxy groups -OCH3 is 1. The van der Waals surface area contributed by atoms with E-state index in [-0.39, 0.29) is 0 Å². The van der Waals surface area contributed by atoms with Gasteiger partial charge in [0.25, 0.3) is 0 Å². The summed E-state index contributed by atoms with van der Waals surface area (Å²) in [6.07, 6.45) is 3.27. The maximum absolute atomic E-state index is 11.3. The molecule has 0 atom stereocenters. The minimum Gasteiger partial charge on any atom is -0.465 e. The molecule has 0 spiro atoms. The van der Waals surface area contributed by atoms with Crippen LogP contribution in [0.2, 0.25) is 5.02 Å². The molecule has 0 N–H and O–H groups in total. The molecule has 2 heterocycles. The summed E-state index contributed by atoms with van der Waals surface area (Å²) in [4.78, 5) is 11.3. The molecule has 2 aromatic rings. The van der Waals surface area contributed by atoms with Crippen LogP contribution in [0.3, 0.4) is 0 Å². The van der Waals surface area contributed by atoms with E-state index in [2.05, 4.69) is 9.84 Å². The molecular formula is C9H7ClN2O2. The first-order valence-electron chi connectivity index (χ1n) is 3.94. The second kappa shape index (κ2) is 3.31. The third-order valence-corrected chi connectivity index (χ3v) is 2.32. The van der Waals surface area contributed by atoms with Crippen molar-refractivity contribution in [2.24, 2.45) is 0 Å². The molecule has 5 heteroatoms. The van der Waals surface area contributed by atoms with Crippen LogP contribution in [0.25, 0.3) is 5.52 Å². The number of pyridine rings is 1. The fraction of sp³-hybridized carbons (Fsp3) is 0.111. The number of rotatable bonds is 1. The van der Waals surface area contributed by atoms with Crippen LogP contribution in [-0.2, 0) is 4.74 Å². The lowest BCUT2D eigenvalue weighted by Crippen LogP contribution is -2.03. The van der Waals surface area contributed by atoms with Gasteiger partial charge in [0.2, 0.25) is 0 Å². The van der Waals surface area contributed by atoms with Crippen LogP contribution in [0.15, 0.2) is 24.5 Å². The zero-order valence-electron chi connectivity index (χ0n) is 7.40. The van der Waals surface area contributed by atoms with Crippen molar-refractivity contribution in [3.05, 3.63) is 35.1 Å². The van der Waals surface area contributed by atoms with Gasteiger partial charge in [-0.15, -0.1) is 0 Å². The summed E-state index contributed by atoms with van der Waals surface area (Å²) in [5, 5.41) is 4.34. The molecule has 0 radical (unpaired) electrons. The van der Waals surface area contributed by atoms with E-state index >= 15 is 0 Å². The number of aromatic nitrogens is 2. The van der Waals surface area contributed by atoms with Crippen LogP contribution in [0.1, 0.15) is 10.4 Å². The Hall–Kier alpha value is -1.55. The highest BCUT2D eigenvalue weighted by Crippen LogP contribution is 2.22. The molecule has 0 saturated carbocycles. The van der Waals surface area contributed by atoms with E-state index < -0.39 is 5.97 Å². The van der Waals surface area contributed by atoms with Gasteiger partial charge in [0, 0.05) is 6.20 Å². The summed E-state index contributed by atoms with van der Waals surface area (Å²) < 4.78 is 6.18. The van der Waals surface area contributed by atoms with Gasteiger partial charge >= 0.3 is 5.97 Å². The molecule has 0 aliphatic rings. The molecule has 2 rings (SSSR count). The number of ether oxygens (including phenoxy) is 1. The summed E-state index contributed by atoms with van der Waals surface area (Å²) in [6.45, 7) is 0. The topological polar surface area (TPSA) is 43.6 Å². The smallest absolute Gasteiger partial charge is 0.339 e. The lowest BCUT2D eigenvalue weighted by molar-refractivity contribution is 0.0601. The van der Waals surface area contributed by atoms with Crippen molar-refractivity contribution in [3.63, 3.8) is 0 Å². The predicted molar refractivity (Wildman–Crippen MR) is 51.5 cm³/mol. The molecule has 0 aromatic carbocycles. The number of hydrogen-bond acceptors (Lipinski definition) is 3. The largest absolute Gasteiger partial charge is 0.465 e. The van der Waals surface area contributed by atoms with Crippen molar-refractivity contribution in [3.8, 4) is 0 Å². The summed E-state index contributed by atoms with van der Waals surface area (Å²) in [6, 6.07) is 3.31. The van der Waals surface area contributed by atoms with Crippen molar-refractivity contribution < 1.29 is 9.53 Å². The summed E-state index contributed by atoms with van der Waals surface area (Å²) in [7, 11) is 1.32. The molecule has 14 heavy (non-hydrogen) atoms. The second-order valence-electron chi connectivity index (χ2n) is 2.70. The number of carbonyl (C=O) groups is 1. The highest BCUT2D eigenvalue weighted by atomic mass is 35.5. The Morgan fingerprint density at radius 2 is 2.36 bits per heavy atom. The number of hydrogen-bond donors (Lipinski definition) is 0. The monoisotopic (exact) mass is 210 g/mol. The van der Waals surface area contributed by atoms with Crippen LogP contribution in [-0.4, -0.2) is 22.7 Å². The fourth-order valence-electron chi connectivity index (χ4n) is 1.23. The number of halogens is 1. The van der Waals surface area contributed by atoms with Gasteiger partial charge in [-0.05, 0) is 12.1 Å². The summed E-state index contributed by atoms with van der Waals surface area (Å²) in [5.41, 5.74) is 1.04. The average molecular weight is 211 g/mol. The van der Waals surface area contributed by atoms with Gasteiger partial charge < -0.3 is 4.74 Å². The third kappa shape index (κ3) is 1.24. The van der Waals surface area contributed by atoms with E-state index in [1.165, 1.54) is 7.11 Å². The second-order valence-corrected chi connectivity index (χ2v) is 3.07. The molecule has 0 unspecified atom stereocenters. The van der Waals surface area contributed by atoms with Crippen molar-refractivity contribution in [1.29, 1.82) is 0 Å². The fourth-order valence-corrected chi connectivity index (χ4v) is 1.52. The third-order valence-electron chi connectivity index (χ3n) is 1.92. The normalized spacial score (nSPS) is 10.4. The van der Waals surface area contributed by atoms with Gasteiger partial charge in [-0.25, -0.2) is 9.31 Å². The first kappa shape index (κ1) is 9.02. The van der Waals surface area contributed by atoms with E-state index in [4.69, 9.17) is 11.6 Å². The molecule has 0 fully saturated rings. The zero-order chi connectivity index (χ0) is 10.1. The lowest BCUT2D eigenvalue weighted by Gasteiger charge is -2.03. The predicted octanol–water partition coefficient (Wildman–Crippen LogP) is 1.77. The van der Waals surface area contributed by atoms with Crippen LogP contribution in [0, 0.1) is 0 Å². The van der Waals surface area contributed by atoms with Crippen LogP contribution in [0.5, 0.6) is 0 Å². The van der Waals surface area contributed by atoms with Crippen molar-refractivity contribution in [1.82, 2.24) is 9.61 Å². The van der Waals surface area contributed by atoms with Gasteiger partial charge in [-0.3, -0.25) is 0 Å². The summed E-state index contributed by atoms with van der Waals surface area (Å²) in [5.74, 6) is -0.446. The number of fused-ring (bicyclic) bond motifs is 1. The average Bonchev–Trinajstić information content (AvgIpc) is 2.66. The maximum Gasteiger partial charge on any atom is 0.339 e. The van der Waals surface area contributed by atoms with E-state index in [9.17, 15) is 4.79 Å². The van der Waals surface area contributed by atoms with Crippen molar-refractivity contribution in [2.75, 3.05) is 7.11 Å². The molecule has 0 aliphatic carbocycles. The van der Waals surface area contributed by atoms with E-state index in [0.717, 1.165) is 0 Å². The first-order chi connectivity index (χ1) is 6.74. The Bertz CT molecular complexity index is 493. The Balaban J connectivity index is 2.67. The molecule has 0 saturated heterocycles. The van der Waals surface area contributed by atoms with Crippen molar-refractivity contribution >= 4 is 23.1 Å².